The van der Waals surface area contributed by atoms with Gasteiger partial charge >= 0.3 is 0 Å². The van der Waals surface area contributed by atoms with Gasteiger partial charge in [0.2, 0.25) is 5.91 Å². The predicted octanol–water partition coefficient (Wildman–Crippen LogP) is 3.86. The Hall–Kier alpha value is -2.96. The smallest absolute Gasteiger partial charge is 0.220 e. The third-order valence-electron chi connectivity index (χ3n) is 5.93. The van der Waals surface area contributed by atoms with Crippen LogP contribution in [-0.2, 0) is 24.3 Å². The van der Waals surface area contributed by atoms with Crippen molar-refractivity contribution < 1.29 is 14.3 Å². The summed E-state index contributed by atoms with van der Waals surface area (Å²) in [7, 11) is 0. The Morgan fingerprint density at radius 2 is 1.78 bits per heavy atom. The van der Waals surface area contributed by atoms with Gasteiger partial charge in [-0.3, -0.25) is 9.69 Å². The zero-order chi connectivity index (χ0) is 22.3. The highest BCUT2D eigenvalue weighted by atomic mass is 16.4. The number of rotatable bonds is 8. The maximum Gasteiger partial charge on any atom is 0.220 e. The maximum absolute atomic E-state index is 12.3. The van der Waals surface area contributed by atoms with Crippen LogP contribution in [0.3, 0.4) is 0 Å². The fourth-order valence-corrected chi connectivity index (χ4v) is 3.88. The molecule has 0 saturated carbocycles. The van der Waals surface area contributed by atoms with Crippen LogP contribution in [0.4, 0.5) is 0 Å². The average molecular weight is 434 g/mol. The topological polar surface area (TPSA) is 78.6 Å². The van der Waals surface area contributed by atoms with E-state index in [0.717, 1.165) is 49.4 Å². The van der Waals surface area contributed by atoms with E-state index in [2.05, 4.69) is 39.5 Å². The highest BCUT2D eigenvalue weighted by Crippen LogP contribution is 2.21. The van der Waals surface area contributed by atoms with Gasteiger partial charge < -0.3 is 14.8 Å². The van der Waals surface area contributed by atoms with Gasteiger partial charge in [-0.2, -0.15) is 0 Å². The van der Waals surface area contributed by atoms with Crippen molar-refractivity contribution in [2.75, 3.05) is 13.1 Å². The molecule has 1 amide bonds. The fraction of sp³-hybridized carbons (Fsp3) is 0.385. The van der Waals surface area contributed by atoms with Crippen molar-refractivity contribution in [3.8, 4) is 11.3 Å². The number of hydrogen-bond donors (Lipinski definition) is 2. The largest absolute Gasteiger partial charge is 0.441 e. The third-order valence-corrected chi connectivity index (χ3v) is 5.93. The predicted molar refractivity (Wildman–Crippen MR) is 124 cm³/mol. The van der Waals surface area contributed by atoms with Crippen LogP contribution in [0, 0.1) is 6.92 Å². The van der Waals surface area contributed by atoms with E-state index < -0.39 is 0 Å². The summed E-state index contributed by atoms with van der Waals surface area (Å²) in [5, 5.41) is 12.6. The number of hydrogen-bond acceptors (Lipinski definition) is 5. The van der Waals surface area contributed by atoms with E-state index in [0.29, 0.717) is 25.3 Å². The molecule has 2 heterocycles. The Kier molecular flexibility index (Phi) is 7.35. The Morgan fingerprint density at radius 3 is 2.50 bits per heavy atom. The maximum atomic E-state index is 12.3. The number of aliphatic hydroxyl groups excluding tert-OH is 1. The summed E-state index contributed by atoms with van der Waals surface area (Å²) in [6, 6.07) is 16.5. The second-order valence-electron chi connectivity index (χ2n) is 8.58. The van der Waals surface area contributed by atoms with Gasteiger partial charge in [-0.25, -0.2) is 4.98 Å². The van der Waals surface area contributed by atoms with Crippen molar-refractivity contribution in [1.29, 1.82) is 0 Å². The number of benzene rings is 2. The summed E-state index contributed by atoms with van der Waals surface area (Å²) in [6.45, 7) is 5.34. The first-order valence-corrected chi connectivity index (χ1v) is 11.3. The summed E-state index contributed by atoms with van der Waals surface area (Å²) >= 11 is 0. The molecule has 0 radical (unpaired) electrons. The van der Waals surface area contributed by atoms with Crippen molar-refractivity contribution >= 4 is 5.91 Å². The molecular weight excluding hydrogens is 402 g/mol. The van der Waals surface area contributed by atoms with E-state index in [-0.39, 0.29) is 12.0 Å². The molecule has 0 atom stereocenters. The molecule has 1 aromatic heterocycles. The van der Waals surface area contributed by atoms with Gasteiger partial charge in [0.05, 0.1) is 12.3 Å². The summed E-state index contributed by atoms with van der Waals surface area (Å²) in [5.74, 6) is 1.28. The molecule has 32 heavy (non-hydrogen) atoms. The lowest BCUT2D eigenvalue weighted by Gasteiger charge is -2.29. The molecule has 2 aromatic carbocycles. The number of aliphatic hydroxyl groups is 1. The molecule has 4 rings (SSSR count). The average Bonchev–Trinajstić information content (AvgIpc) is 3.28. The number of nitrogens with zero attached hydrogens (tertiary/aromatic N) is 2. The Labute approximate surface area is 189 Å². The van der Waals surface area contributed by atoms with Gasteiger partial charge in [-0.05, 0) is 30.9 Å². The SMILES string of the molecule is Cc1ccc(-c2cnc(CCC(=O)NCc3ccc(CN4CCC(O)CC4)cc3)o2)cc1. The lowest BCUT2D eigenvalue weighted by molar-refractivity contribution is -0.121. The van der Waals surface area contributed by atoms with Crippen molar-refractivity contribution in [3.05, 3.63) is 77.3 Å². The Balaban J connectivity index is 1.19. The number of likely N-dealkylation sites (tertiary alicyclic amines) is 1. The molecule has 0 unspecified atom stereocenters. The van der Waals surface area contributed by atoms with Gasteiger partial charge in [0.25, 0.3) is 0 Å². The second kappa shape index (κ2) is 10.6. The first-order valence-electron chi connectivity index (χ1n) is 11.3. The van der Waals surface area contributed by atoms with Crippen molar-refractivity contribution in [1.82, 2.24) is 15.2 Å². The van der Waals surface area contributed by atoms with Crippen LogP contribution < -0.4 is 5.32 Å². The molecule has 1 aliphatic rings. The summed E-state index contributed by atoms with van der Waals surface area (Å²) in [4.78, 5) is 18.9. The molecule has 1 fully saturated rings. The molecule has 6 heteroatoms. The molecule has 6 nitrogen and oxygen atoms in total. The normalized spacial score (nSPS) is 15.1. The standard InChI is InChI=1S/C26H31N3O3/c1-19-2-8-22(9-3-19)24-17-28-26(32-24)11-10-25(31)27-16-20-4-6-21(7-5-20)18-29-14-12-23(30)13-15-29/h2-9,17,23,30H,10-16,18H2,1H3,(H,27,31). The van der Waals surface area contributed by atoms with E-state index in [1.165, 1.54) is 11.1 Å². The molecule has 168 valence electrons. The quantitative estimate of drug-likeness (QED) is 0.564. The van der Waals surface area contributed by atoms with E-state index in [1.807, 2.05) is 31.2 Å². The third kappa shape index (κ3) is 6.28. The number of aryl methyl sites for hydroxylation is 2. The van der Waals surface area contributed by atoms with Gasteiger partial charge in [-0.1, -0.05) is 54.1 Å². The second-order valence-corrected chi connectivity index (χ2v) is 8.58. The van der Waals surface area contributed by atoms with Crippen LogP contribution in [0.25, 0.3) is 11.3 Å². The van der Waals surface area contributed by atoms with Crippen molar-refractivity contribution in [2.45, 2.75) is 51.8 Å². The van der Waals surface area contributed by atoms with Crippen molar-refractivity contribution in [2.24, 2.45) is 0 Å². The van der Waals surface area contributed by atoms with Crippen LogP contribution in [-0.4, -0.2) is 40.1 Å². The van der Waals surface area contributed by atoms with E-state index >= 15 is 0 Å². The van der Waals surface area contributed by atoms with Gasteiger partial charge in [0.15, 0.2) is 11.7 Å². The number of amides is 1. The first kappa shape index (κ1) is 22.2. The monoisotopic (exact) mass is 433 g/mol. The van der Waals surface area contributed by atoms with E-state index in [9.17, 15) is 9.90 Å². The van der Waals surface area contributed by atoms with Crippen molar-refractivity contribution in [3.63, 3.8) is 0 Å². The Bertz CT molecular complexity index is 1000. The Morgan fingerprint density at radius 1 is 1.09 bits per heavy atom. The highest BCUT2D eigenvalue weighted by Gasteiger charge is 2.16. The molecule has 0 bridgehead atoms. The van der Waals surface area contributed by atoms with Gasteiger partial charge in [0.1, 0.15) is 0 Å². The van der Waals surface area contributed by atoms with E-state index in [1.54, 1.807) is 6.20 Å². The number of nitrogens with one attached hydrogen (secondary N) is 1. The number of piperidine rings is 1. The van der Waals surface area contributed by atoms with Gasteiger partial charge in [-0.15, -0.1) is 0 Å². The summed E-state index contributed by atoms with van der Waals surface area (Å²) in [5.41, 5.74) is 4.52. The molecule has 1 saturated heterocycles. The lowest BCUT2D eigenvalue weighted by Crippen LogP contribution is -2.35. The highest BCUT2D eigenvalue weighted by molar-refractivity contribution is 5.76. The summed E-state index contributed by atoms with van der Waals surface area (Å²) in [6.07, 6.45) is 4.09. The molecule has 0 aliphatic carbocycles. The molecular formula is C26H31N3O3. The minimum Gasteiger partial charge on any atom is -0.441 e. The zero-order valence-corrected chi connectivity index (χ0v) is 18.6. The molecule has 0 spiro atoms. The van der Waals surface area contributed by atoms with Crippen LogP contribution in [0.2, 0.25) is 0 Å². The van der Waals surface area contributed by atoms with E-state index in [4.69, 9.17) is 4.42 Å². The molecule has 1 aliphatic heterocycles. The van der Waals surface area contributed by atoms with Crippen LogP contribution in [0.5, 0.6) is 0 Å². The zero-order valence-electron chi connectivity index (χ0n) is 18.6. The fourth-order valence-electron chi connectivity index (χ4n) is 3.88. The van der Waals surface area contributed by atoms with Crippen LogP contribution >= 0.6 is 0 Å². The minimum absolute atomic E-state index is 0.0176. The number of aromatic nitrogens is 1. The summed E-state index contributed by atoms with van der Waals surface area (Å²) < 4.78 is 5.80. The number of carbonyl (C=O) groups excluding carboxylic acids is 1. The van der Waals surface area contributed by atoms with Crippen LogP contribution in [0.1, 0.15) is 41.8 Å². The van der Waals surface area contributed by atoms with Crippen LogP contribution in [0.15, 0.2) is 59.1 Å². The number of oxazole rings is 1. The molecule has 3 aromatic rings. The number of carbonyl (C=O) groups is 1. The molecule has 2 N–H and O–H groups in total. The first-order chi connectivity index (χ1) is 15.5. The lowest BCUT2D eigenvalue weighted by atomic mass is 10.1. The van der Waals surface area contributed by atoms with Gasteiger partial charge in [0, 0.05) is 44.6 Å². The minimum atomic E-state index is -0.143.